The highest BCUT2D eigenvalue weighted by molar-refractivity contribution is 5.92. The Kier molecular flexibility index (Phi) is 3.85. The maximum Gasteiger partial charge on any atom is 0.247 e. The Labute approximate surface area is 134 Å². The number of nitrogens with two attached hydrogens (primary N) is 1. The fourth-order valence-corrected chi connectivity index (χ4v) is 3.04. The first-order chi connectivity index (χ1) is 10.3. The van der Waals surface area contributed by atoms with Gasteiger partial charge in [0.25, 0.3) is 0 Å². The number of hydrogen-bond acceptors (Lipinski definition) is 5. The molecule has 0 unspecified atom stereocenters. The van der Waals surface area contributed by atoms with Gasteiger partial charge in [0.05, 0.1) is 5.54 Å². The predicted octanol–water partition coefficient (Wildman–Crippen LogP) is 3.43. The maximum atomic E-state index is 6.37. The van der Waals surface area contributed by atoms with E-state index in [1.165, 1.54) is 0 Å². The lowest BCUT2D eigenvalue weighted by Gasteiger charge is -2.17. The normalized spacial score (nSPS) is 16.6. The van der Waals surface area contributed by atoms with Crippen molar-refractivity contribution in [1.82, 2.24) is 15.1 Å². The molecule has 5 nitrogen and oxygen atoms in total. The summed E-state index contributed by atoms with van der Waals surface area (Å²) in [6.07, 6.45) is 5.79. The molecule has 1 aliphatic carbocycles. The third kappa shape index (κ3) is 2.36. The van der Waals surface area contributed by atoms with Gasteiger partial charge in [-0.05, 0) is 24.3 Å². The van der Waals surface area contributed by atoms with Crippen LogP contribution in [0.2, 0.25) is 0 Å². The number of pyridine rings is 1. The molecule has 2 N–H and O–H groups in total. The number of nitrogens with zero attached hydrogens (tertiary/aromatic N) is 3. The molecular weight excluding hydrogens is 300 g/mol. The highest BCUT2D eigenvalue weighted by atomic mass is 35.5. The van der Waals surface area contributed by atoms with Crippen LogP contribution in [0.5, 0.6) is 0 Å². The molecule has 0 atom stereocenters. The summed E-state index contributed by atoms with van der Waals surface area (Å²) in [5.74, 6) is 1.04. The van der Waals surface area contributed by atoms with Crippen LogP contribution in [0.4, 0.5) is 0 Å². The number of benzene rings is 1. The second kappa shape index (κ2) is 5.66. The number of fused-ring (bicyclic) bond motifs is 1. The Morgan fingerprint density at radius 1 is 1.09 bits per heavy atom. The topological polar surface area (TPSA) is 77.8 Å². The van der Waals surface area contributed by atoms with Crippen LogP contribution in [0.15, 0.2) is 41.1 Å². The monoisotopic (exact) mass is 316 g/mol. The van der Waals surface area contributed by atoms with Crippen molar-refractivity contribution in [2.45, 2.75) is 31.2 Å². The molecule has 0 spiro atoms. The summed E-state index contributed by atoms with van der Waals surface area (Å²) in [6, 6.07) is 10.0. The average molecular weight is 317 g/mol. The summed E-state index contributed by atoms with van der Waals surface area (Å²) in [7, 11) is 0. The molecule has 1 saturated carbocycles. The summed E-state index contributed by atoms with van der Waals surface area (Å²) < 4.78 is 5.43. The average Bonchev–Trinajstić information content (AvgIpc) is 3.16. The fourth-order valence-electron chi connectivity index (χ4n) is 3.04. The van der Waals surface area contributed by atoms with Crippen molar-refractivity contribution >= 4 is 23.2 Å². The largest absolute Gasteiger partial charge is 0.337 e. The number of hydrogen-bond donors (Lipinski definition) is 1. The summed E-state index contributed by atoms with van der Waals surface area (Å²) in [5, 5.41) is 6.22. The standard InChI is InChI=1S/C16H16N4O.ClH/c17-16(8-3-4-9-16)15-19-14(20-21-15)13-12-6-2-1-5-11(12)7-10-18-13;/h1-2,5-7,10H,3-4,8-9,17H2;1H. The van der Waals surface area contributed by atoms with Crippen LogP contribution < -0.4 is 5.73 Å². The van der Waals surface area contributed by atoms with Gasteiger partial charge in [-0.15, -0.1) is 12.4 Å². The van der Waals surface area contributed by atoms with Gasteiger partial charge in [-0.25, -0.2) is 0 Å². The molecule has 22 heavy (non-hydrogen) atoms. The quantitative estimate of drug-likeness (QED) is 0.783. The molecule has 0 amide bonds. The van der Waals surface area contributed by atoms with Crippen LogP contribution in [-0.4, -0.2) is 15.1 Å². The molecule has 0 saturated heterocycles. The lowest BCUT2D eigenvalue weighted by Crippen LogP contribution is -2.33. The van der Waals surface area contributed by atoms with Crippen LogP contribution in [0, 0.1) is 0 Å². The molecule has 0 aliphatic heterocycles. The summed E-state index contributed by atoms with van der Waals surface area (Å²) >= 11 is 0. The molecule has 1 aromatic carbocycles. The van der Waals surface area contributed by atoms with Crippen molar-refractivity contribution in [3.05, 3.63) is 42.4 Å². The molecule has 4 rings (SSSR count). The van der Waals surface area contributed by atoms with Crippen molar-refractivity contribution in [1.29, 1.82) is 0 Å². The highest BCUT2D eigenvalue weighted by Crippen LogP contribution is 2.36. The zero-order valence-corrected chi connectivity index (χ0v) is 12.8. The second-order valence-electron chi connectivity index (χ2n) is 5.67. The minimum atomic E-state index is -0.462. The van der Waals surface area contributed by atoms with E-state index in [2.05, 4.69) is 15.1 Å². The van der Waals surface area contributed by atoms with Crippen LogP contribution in [0.3, 0.4) is 0 Å². The Hall–Kier alpha value is -1.98. The van der Waals surface area contributed by atoms with Crippen LogP contribution >= 0.6 is 12.4 Å². The van der Waals surface area contributed by atoms with E-state index in [0.717, 1.165) is 42.1 Å². The van der Waals surface area contributed by atoms with Gasteiger partial charge in [-0.2, -0.15) is 4.98 Å². The summed E-state index contributed by atoms with van der Waals surface area (Å²) in [5.41, 5.74) is 6.65. The molecule has 3 aromatic rings. The van der Waals surface area contributed by atoms with E-state index in [1.54, 1.807) is 6.20 Å². The van der Waals surface area contributed by atoms with Crippen molar-refractivity contribution in [2.24, 2.45) is 5.73 Å². The Balaban J connectivity index is 0.00000144. The summed E-state index contributed by atoms with van der Waals surface area (Å²) in [6.45, 7) is 0. The lowest BCUT2D eigenvalue weighted by atomic mass is 9.99. The van der Waals surface area contributed by atoms with Crippen molar-refractivity contribution in [2.75, 3.05) is 0 Å². The molecule has 2 aromatic heterocycles. The van der Waals surface area contributed by atoms with Crippen LogP contribution in [0.1, 0.15) is 31.6 Å². The zero-order valence-electron chi connectivity index (χ0n) is 12.0. The predicted molar refractivity (Wildman–Crippen MR) is 86.6 cm³/mol. The Bertz CT molecular complexity index is 790. The number of aromatic nitrogens is 3. The van der Waals surface area contributed by atoms with Gasteiger partial charge < -0.3 is 10.3 Å². The molecule has 0 bridgehead atoms. The lowest BCUT2D eigenvalue weighted by molar-refractivity contribution is 0.285. The minimum absolute atomic E-state index is 0. The Morgan fingerprint density at radius 3 is 2.68 bits per heavy atom. The SMILES string of the molecule is Cl.NC1(c2nc(-c3nccc4ccccc34)no2)CCCC1. The molecular formula is C16H17ClN4O. The van der Waals surface area contributed by atoms with Gasteiger partial charge in [0.15, 0.2) is 0 Å². The van der Waals surface area contributed by atoms with Crippen LogP contribution in [-0.2, 0) is 5.54 Å². The molecule has 6 heteroatoms. The second-order valence-corrected chi connectivity index (χ2v) is 5.67. The van der Waals surface area contributed by atoms with Crippen molar-refractivity contribution in [3.63, 3.8) is 0 Å². The first-order valence-corrected chi connectivity index (χ1v) is 7.23. The summed E-state index contributed by atoms with van der Waals surface area (Å²) in [4.78, 5) is 8.93. The maximum absolute atomic E-state index is 6.37. The van der Waals surface area contributed by atoms with Gasteiger partial charge in [0, 0.05) is 11.6 Å². The molecule has 2 heterocycles. The number of rotatable bonds is 2. The first kappa shape index (κ1) is 14.9. The molecule has 1 fully saturated rings. The van der Waals surface area contributed by atoms with Gasteiger partial charge in [0.1, 0.15) is 5.69 Å². The van der Waals surface area contributed by atoms with E-state index < -0.39 is 5.54 Å². The van der Waals surface area contributed by atoms with Crippen molar-refractivity contribution in [3.8, 4) is 11.5 Å². The third-order valence-electron chi connectivity index (χ3n) is 4.23. The molecule has 1 aliphatic rings. The molecule has 0 radical (unpaired) electrons. The van der Waals surface area contributed by atoms with Crippen molar-refractivity contribution < 1.29 is 4.52 Å². The van der Waals surface area contributed by atoms with E-state index in [1.807, 2.05) is 30.3 Å². The minimum Gasteiger partial charge on any atom is -0.337 e. The van der Waals surface area contributed by atoms with E-state index in [4.69, 9.17) is 10.3 Å². The van der Waals surface area contributed by atoms with Gasteiger partial charge in [-0.1, -0.05) is 42.3 Å². The third-order valence-corrected chi connectivity index (χ3v) is 4.23. The fraction of sp³-hybridized carbons (Fsp3) is 0.312. The zero-order chi connectivity index (χ0) is 14.3. The first-order valence-electron chi connectivity index (χ1n) is 7.23. The van der Waals surface area contributed by atoms with E-state index in [0.29, 0.717) is 11.7 Å². The van der Waals surface area contributed by atoms with Crippen LogP contribution in [0.25, 0.3) is 22.3 Å². The van der Waals surface area contributed by atoms with Gasteiger partial charge >= 0.3 is 0 Å². The molecule has 114 valence electrons. The van der Waals surface area contributed by atoms with E-state index in [-0.39, 0.29) is 12.4 Å². The number of halogens is 1. The Morgan fingerprint density at radius 2 is 1.86 bits per heavy atom. The van der Waals surface area contributed by atoms with Gasteiger partial charge in [-0.3, -0.25) is 4.98 Å². The van der Waals surface area contributed by atoms with E-state index >= 15 is 0 Å². The van der Waals surface area contributed by atoms with E-state index in [9.17, 15) is 0 Å². The smallest absolute Gasteiger partial charge is 0.247 e. The highest BCUT2D eigenvalue weighted by Gasteiger charge is 2.37. The van der Waals surface area contributed by atoms with Gasteiger partial charge in [0.2, 0.25) is 11.7 Å².